The third-order valence-electron chi connectivity index (χ3n) is 4.35. The zero-order valence-corrected chi connectivity index (χ0v) is 19.3. The van der Waals surface area contributed by atoms with Gasteiger partial charge in [-0.25, -0.2) is 0 Å². The van der Waals surface area contributed by atoms with Crippen LogP contribution in [0, 0.1) is 0 Å². The summed E-state index contributed by atoms with van der Waals surface area (Å²) in [5.74, 6) is 2.51. The number of phenolic OH excluding ortho intramolecular Hbond substituents is 1. The lowest BCUT2D eigenvalue weighted by molar-refractivity contribution is 0.131. The molecule has 0 aliphatic heterocycles. The van der Waals surface area contributed by atoms with Gasteiger partial charge in [0.2, 0.25) is 0 Å². The lowest BCUT2D eigenvalue weighted by Crippen LogP contribution is -2.25. The first kappa shape index (κ1) is 23.0. The van der Waals surface area contributed by atoms with Crippen LogP contribution >= 0.6 is 11.8 Å². The summed E-state index contributed by atoms with van der Waals surface area (Å²) in [6, 6.07) is 21.3. The Labute approximate surface area is 188 Å². The van der Waals surface area contributed by atoms with Crippen LogP contribution in [-0.2, 0) is 6.54 Å². The molecule has 0 aromatic heterocycles. The molecular formula is C25H30N2O3S. The Morgan fingerprint density at radius 3 is 1.97 bits per heavy atom. The van der Waals surface area contributed by atoms with Crippen LogP contribution in [0.25, 0.3) is 0 Å². The summed E-state index contributed by atoms with van der Waals surface area (Å²) in [5.41, 5.74) is 6.21. The number of nitrogens with two attached hydrogens (primary N) is 1. The summed E-state index contributed by atoms with van der Waals surface area (Å²) in [6.45, 7) is 7.08. The molecule has 3 aromatic rings. The van der Waals surface area contributed by atoms with Gasteiger partial charge in [-0.2, -0.15) is 0 Å². The molecule has 0 aliphatic rings. The maximum Gasteiger partial charge on any atom is 0.128 e. The monoisotopic (exact) mass is 438 g/mol. The van der Waals surface area contributed by atoms with Gasteiger partial charge in [0.25, 0.3) is 0 Å². The molecule has 0 aliphatic carbocycles. The fraction of sp³-hybridized carbons (Fsp3) is 0.280. The lowest BCUT2D eigenvalue weighted by atomic mass is 10.2. The van der Waals surface area contributed by atoms with Crippen LogP contribution in [-0.4, -0.2) is 29.3 Å². The first-order valence-electron chi connectivity index (χ1n) is 10.2. The molecule has 31 heavy (non-hydrogen) atoms. The number of ether oxygens (including phenoxy) is 2. The second-order valence-corrected chi connectivity index (χ2v) is 9.50. The molecule has 0 unspecified atom stereocenters. The Kier molecular flexibility index (Phi) is 7.49. The third kappa shape index (κ3) is 7.21. The zero-order chi connectivity index (χ0) is 22.4. The summed E-state index contributed by atoms with van der Waals surface area (Å²) in [4.78, 5) is 4.17. The first-order chi connectivity index (χ1) is 14.7. The van der Waals surface area contributed by atoms with Crippen molar-refractivity contribution in [2.45, 2.75) is 42.7 Å². The number of hydrogen-bond acceptors (Lipinski definition) is 6. The minimum atomic E-state index is -0.205. The van der Waals surface area contributed by atoms with Gasteiger partial charge in [-0.15, -0.1) is 0 Å². The van der Waals surface area contributed by atoms with E-state index in [4.69, 9.17) is 15.2 Å². The Balaban J connectivity index is 1.62. The first-order valence-corrected chi connectivity index (χ1v) is 11.0. The molecule has 3 aromatic carbocycles. The molecule has 0 saturated carbocycles. The van der Waals surface area contributed by atoms with Crippen molar-refractivity contribution < 1.29 is 14.6 Å². The highest BCUT2D eigenvalue weighted by Gasteiger charge is 2.11. The highest BCUT2D eigenvalue weighted by atomic mass is 32.2. The minimum Gasteiger partial charge on any atom is -0.508 e. The van der Waals surface area contributed by atoms with E-state index in [1.54, 1.807) is 23.9 Å². The van der Waals surface area contributed by atoms with Crippen LogP contribution < -0.4 is 15.2 Å². The van der Waals surface area contributed by atoms with Crippen molar-refractivity contribution in [2.75, 3.05) is 13.7 Å². The van der Waals surface area contributed by atoms with Gasteiger partial charge < -0.3 is 20.3 Å². The van der Waals surface area contributed by atoms with E-state index in [1.165, 1.54) is 0 Å². The predicted molar refractivity (Wildman–Crippen MR) is 126 cm³/mol. The minimum absolute atomic E-state index is 0.205. The number of nitrogens with zero attached hydrogens (tertiary/aromatic N) is 1. The third-order valence-corrected chi connectivity index (χ3v) is 5.36. The van der Waals surface area contributed by atoms with Gasteiger partial charge >= 0.3 is 0 Å². The van der Waals surface area contributed by atoms with Crippen molar-refractivity contribution in [3.63, 3.8) is 0 Å². The topological polar surface area (TPSA) is 68.0 Å². The number of hydrogen-bond donors (Lipinski definition) is 2. The average Bonchev–Trinajstić information content (AvgIpc) is 2.72. The maximum atomic E-state index is 10.1. The van der Waals surface area contributed by atoms with Gasteiger partial charge in [-0.1, -0.05) is 11.8 Å². The van der Waals surface area contributed by atoms with E-state index in [-0.39, 0.29) is 11.4 Å². The number of rotatable bonds is 8. The smallest absolute Gasteiger partial charge is 0.128 e. The van der Waals surface area contributed by atoms with Gasteiger partial charge in [-0.05, 0) is 94.5 Å². The van der Waals surface area contributed by atoms with Gasteiger partial charge in [0.1, 0.15) is 28.6 Å². The maximum absolute atomic E-state index is 10.1. The normalized spacial score (nSPS) is 11.5. The van der Waals surface area contributed by atoms with Gasteiger partial charge in [0.05, 0.1) is 0 Å². The largest absolute Gasteiger partial charge is 0.508 e. The SMILES string of the molecule is CN(CN)Cc1cc(Oc2ccc(Sc3ccc(OC(C)(C)C)cc3)cc2)ccc1O. The number of aromatic hydroxyl groups is 1. The van der Waals surface area contributed by atoms with Crippen molar-refractivity contribution >= 4 is 11.8 Å². The summed E-state index contributed by atoms with van der Waals surface area (Å²) in [7, 11) is 1.90. The molecule has 0 heterocycles. The van der Waals surface area contributed by atoms with Crippen LogP contribution in [0.1, 0.15) is 26.3 Å². The van der Waals surface area contributed by atoms with E-state index < -0.39 is 0 Å². The molecule has 164 valence electrons. The molecule has 0 spiro atoms. The van der Waals surface area contributed by atoms with Crippen LogP contribution in [0.2, 0.25) is 0 Å². The number of benzene rings is 3. The zero-order valence-electron chi connectivity index (χ0n) is 18.5. The highest BCUT2D eigenvalue weighted by Crippen LogP contribution is 2.33. The van der Waals surface area contributed by atoms with Crippen molar-refractivity contribution in [2.24, 2.45) is 5.73 Å². The Morgan fingerprint density at radius 1 is 0.871 bits per heavy atom. The van der Waals surface area contributed by atoms with E-state index in [0.29, 0.717) is 19.0 Å². The molecule has 5 nitrogen and oxygen atoms in total. The molecule has 3 rings (SSSR count). The van der Waals surface area contributed by atoms with E-state index >= 15 is 0 Å². The molecule has 0 bridgehead atoms. The molecule has 0 atom stereocenters. The van der Waals surface area contributed by atoms with Crippen molar-refractivity contribution in [3.8, 4) is 23.0 Å². The van der Waals surface area contributed by atoms with Crippen LogP contribution in [0.3, 0.4) is 0 Å². The molecule has 6 heteroatoms. The van der Waals surface area contributed by atoms with E-state index in [9.17, 15) is 5.11 Å². The summed E-state index contributed by atoms with van der Waals surface area (Å²) >= 11 is 1.68. The number of phenols is 1. The molecule has 0 fully saturated rings. The standard InChI is InChI=1S/C25H30N2O3S/c1-25(2,3)30-20-7-12-23(13-8-20)31-22-10-5-19(6-11-22)29-21-9-14-24(28)18(15-21)16-27(4)17-26/h5-15,28H,16-17,26H2,1-4H3. The van der Waals surface area contributed by atoms with Crippen molar-refractivity contribution in [1.29, 1.82) is 0 Å². The van der Waals surface area contributed by atoms with Gasteiger partial charge in [0.15, 0.2) is 0 Å². The molecular weight excluding hydrogens is 408 g/mol. The van der Waals surface area contributed by atoms with E-state index in [0.717, 1.165) is 26.9 Å². The van der Waals surface area contributed by atoms with Gasteiger partial charge in [0, 0.05) is 28.6 Å². The second kappa shape index (κ2) is 10.1. The quantitative estimate of drug-likeness (QED) is 0.429. The van der Waals surface area contributed by atoms with Gasteiger partial charge in [-0.3, -0.25) is 4.90 Å². The lowest BCUT2D eigenvalue weighted by Gasteiger charge is -2.21. The second-order valence-electron chi connectivity index (χ2n) is 8.35. The van der Waals surface area contributed by atoms with Crippen LogP contribution in [0.15, 0.2) is 76.5 Å². The Morgan fingerprint density at radius 2 is 1.42 bits per heavy atom. The van der Waals surface area contributed by atoms with Crippen molar-refractivity contribution in [1.82, 2.24) is 4.90 Å². The summed E-state index contributed by atoms with van der Waals surface area (Å²) in [5, 5.41) is 10.1. The Hall–Kier alpha value is -2.67. The van der Waals surface area contributed by atoms with Crippen molar-refractivity contribution in [3.05, 3.63) is 72.3 Å². The fourth-order valence-electron chi connectivity index (χ4n) is 2.88. The molecule has 0 radical (unpaired) electrons. The Bertz CT molecular complexity index is 983. The molecule has 0 saturated heterocycles. The average molecular weight is 439 g/mol. The molecule has 3 N–H and O–H groups in total. The predicted octanol–water partition coefficient (Wildman–Crippen LogP) is 5.86. The molecule has 0 amide bonds. The summed E-state index contributed by atoms with van der Waals surface area (Å²) < 4.78 is 11.8. The van der Waals surface area contributed by atoms with Crippen LogP contribution in [0.4, 0.5) is 0 Å². The van der Waals surface area contributed by atoms with E-state index in [1.807, 2.05) is 75.2 Å². The van der Waals surface area contributed by atoms with E-state index in [2.05, 4.69) is 12.1 Å². The van der Waals surface area contributed by atoms with Crippen LogP contribution in [0.5, 0.6) is 23.0 Å². The fourth-order valence-corrected chi connectivity index (χ4v) is 3.70. The summed E-state index contributed by atoms with van der Waals surface area (Å²) in [6.07, 6.45) is 0. The highest BCUT2D eigenvalue weighted by molar-refractivity contribution is 7.99.